The number of pyridine rings is 1. The average molecular weight is 402 g/mol. The molecule has 6 heteroatoms. The van der Waals surface area contributed by atoms with E-state index < -0.39 is 0 Å². The van der Waals surface area contributed by atoms with E-state index >= 15 is 0 Å². The van der Waals surface area contributed by atoms with Gasteiger partial charge in [0.05, 0.1) is 18.0 Å². The minimum Gasteiger partial charge on any atom is -0.368 e. The highest BCUT2D eigenvalue weighted by atomic mass is 16.5. The van der Waals surface area contributed by atoms with Gasteiger partial charge in [0.25, 0.3) is 0 Å². The fourth-order valence-electron chi connectivity index (χ4n) is 4.55. The molecule has 1 aromatic carbocycles. The summed E-state index contributed by atoms with van der Waals surface area (Å²) < 4.78 is 8.28. The van der Waals surface area contributed by atoms with Crippen molar-refractivity contribution in [2.75, 3.05) is 19.7 Å². The van der Waals surface area contributed by atoms with Crippen LogP contribution >= 0.6 is 0 Å². The Morgan fingerprint density at radius 1 is 1.07 bits per heavy atom. The normalized spacial score (nSPS) is 17.7. The Bertz CT molecular complexity index is 1010. The van der Waals surface area contributed by atoms with Crippen molar-refractivity contribution in [1.82, 2.24) is 19.7 Å². The second kappa shape index (κ2) is 8.03. The van der Waals surface area contributed by atoms with E-state index in [4.69, 9.17) is 9.84 Å². The molecule has 1 spiro atoms. The molecule has 6 nitrogen and oxygen atoms in total. The minimum absolute atomic E-state index is 0.196. The number of hydrogen-bond donors (Lipinski definition) is 0. The van der Waals surface area contributed by atoms with Gasteiger partial charge >= 0.3 is 0 Å². The zero-order chi connectivity index (χ0) is 20.4. The molecule has 2 aromatic heterocycles. The monoisotopic (exact) mass is 402 g/mol. The number of ether oxygens (including phenoxy) is 1. The van der Waals surface area contributed by atoms with Crippen LogP contribution in [0.5, 0.6) is 0 Å². The number of aryl methyl sites for hydroxylation is 1. The summed E-state index contributed by atoms with van der Waals surface area (Å²) in [5, 5.41) is 4.92. The summed E-state index contributed by atoms with van der Waals surface area (Å²) in [6, 6.07) is 16.0. The van der Waals surface area contributed by atoms with Crippen LogP contribution in [0.2, 0.25) is 0 Å². The van der Waals surface area contributed by atoms with Crippen LogP contribution in [-0.4, -0.2) is 45.3 Å². The summed E-state index contributed by atoms with van der Waals surface area (Å²) in [5.41, 5.74) is 3.97. The first-order valence-electron chi connectivity index (χ1n) is 10.7. The lowest BCUT2D eigenvalue weighted by atomic mass is 9.83. The molecule has 3 aromatic rings. The largest absolute Gasteiger partial charge is 0.368 e. The van der Waals surface area contributed by atoms with E-state index in [9.17, 15) is 4.79 Å². The van der Waals surface area contributed by atoms with E-state index in [-0.39, 0.29) is 11.5 Å². The van der Waals surface area contributed by atoms with Crippen molar-refractivity contribution in [3.05, 3.63) is 77.9 Å². The SMILES string of the molecule is O=C(CCc1ccccn1)N1CCC2(CC1)OCCc1cn(-c3ccccc3)nc12. The number of fused-ring (bicyclic) bond motifs is 2. The Morgan fingerprint density at radius 3 is 2.63 bits per heavy atom. The quantitative estimate of drug-likeness (QED) is 0.672. The van der Waals surface area contributed by atoms with Crippen LogP contribution in [-0.2, 0) is 28.0 Å². The van der Waals surface area contributed by atoms with E-state index in [2.05, 4.69) is 23.3 Å². The maximum atomic E-state index is 12.7. The Morgan fingerprint density at radius 2 is 1.87 bits per heavy atom. The molecule has 2 aliphatic heterocycles. The summed E-state index contributed by atoms with van der Waals surface area (Å²) in [6.45, 7) is 2.12. The lowest BCUT2D eigenvalue weighted by Crippen LogP contribution is -2.48. The number of nitrogens with zero attached hydrogens (tertiary/aromatic N) is 4. The molecular weight excluding hydrogens is 376 g/mol. The van der Waals surface area contributed by atoms with E-state index in [1.807, 2.05) is 46.0 Å². The number of amides is 1. The molecule has 0 bridgehead atoms. The second-order valence-corrected chi connectivity index (χ2v) is 8.08. The van der Waals surface area contributed by atoms with E-state index in [1.54, 1.807) is 6.20 Å². The number of piperidine rings is 1. The standard InChI is InChI=1S/C24H26N4O2/c29-22(10-9-20-6-4-5-14-25-20)27-15-12-24(13-16-27)23-19(11-17-30-24)18-28(26-23)21-7-2-1-3-8-21/h1-8,14,18H,9-13,15-17H2. The molecule has 154 valence electrons. The van der Waals surface area contributed by atoms with Crippen LogP contribution in [0.25, 0.3) is 5.69 Å². The number of benzene rings is 1. The molecule has 0 atom stereocenters. The van der Waals surface area contributed by atoms with Gasteiger partial charge in [-0.1, -0.05) is 24.3 Å². The first-order valence-corrected chi connectivity index (χ1v) is 10.7. The summed E-state index contributed by atoms with van der Waals surface area (Å²) in [6.07, 6.45) is 7.57. The van der Waals surface area contributed by atoms with Crippen molar-refractivity contribution in [1.29, 1.82) is 0 Å². The number of likely N-dealkylation sites (tertiary alicyclic amines) is 1. The smallest absolute Gasteiger partial charge is 0.222 e. The zero-order valence-electron chi connectivity index (χ0n) is 17.0. The van der Waals surface area contributed by atoms with Crippen molar-refractivity contribution in [3.8, 4) is 5.69 Å². The third-order valence-corrected chi connectivity index (χ3v) is 6.24. The van der Waals surface area contributed by atoms with Gasteiger partial charge in [-0.2, -0.15) is 5.10 Å². The van der Waals surface area contributed by atoms with Gasteiger partial charge in [0.15, 0.2) is 0 Å². The Balaban J connectivity index is 1.27. The molecule has 0 aliphatic carbocycles. The van der Waals surface area contributed by atoms with Crippen molar-refractivity contribution in [2.24, 2.45) is 0 Å². The maximum Gasteiger partial charge on any atom is 0.222 e. The molecule has 5 rings (SSSR count). The highest BCUT2D eigenvalue weighted by molar-refractivity contribution is 5.76. The van der Waals surface area contributed by atoms with Crippen LogP contribution < -0.4 is 0 Å². The minimum atomic E-state index is -0.370. The number of para-hydroxylation sites is 1. The molecule has 1 amide bonds. The third kappa shape index (κ3) is 3.63. The fraction of sp³-hybridized carbons (Fsp3) is 0.375. The number of hydrogen-bond acceptors (Lipinski definition) is 4. The van der Waals surface area contributed by atoms with Gasteiger partial charge in [-0.25, -0.2) is 4.68 Å². The Kier molecular flexibility index (Phi) is 5.09. The van der Waals surface area contributed by atoms with Crippen LogP contribution in [0.4, 0.5) is 0 Å². The Hall–Kier alpha value is -2.99. The van der Waals surface area contributed by atoms with Gasteiger partial charge in [0.2, 0.25) is 5.91 Å². The van der Waals surface area contributed by atoms with Crippen molar-refractivity contribution in [2.45, 2.75) is 37.7 Å². The van der Waals surface area contributed by atoms with E-state index in [0.29, 0.717) is 32.5 Å². The number of carbonyl (C=O) groups excluding carboxylic acids is 1. The summed E-state index contributed by atoms with van der Waals surface area (Å²) in [5.74, 6) is 0.196. The number of aromatic nitrogens is 3. The van der Waals surface area contributed by atoms with Crippen LogP contribution in [0, 0.1) is 0 Å². The molecule has 0 radical (unpaired) electrons. The van der Waals surface area contributed by atoms with Gasteiger partial charge in [-0.3, -0.25) is 9.78 Å². The topological polar surface area (TPSA) is 60.3 Å². The van der Waals surface area contributed by atoms with Crippen LogP contribution in [0.3, 0.4) is 0 Å². The zero-order valence-corrected chi connectivity index (χ0v) is 17.0. The molecule has 0 unspecified atom stereocenters. The van der Waals surface area contributed by atoms with Gasteiger partial charge in [-0.15, -0.1) is 0 Å². The predicted molar refractivity (Wildman–Crippen MR) is 113 cm³/mol. The average Bonchev–Trinajstić information content (AvgIpc) is 3.26. The highest BCUT2D eigenvalue weighted by Gasteiger charge is 2.44. The number of carbonyl (C=O) groups is 1. The highest BCUT2D eigenvalue weighted by Crippen LogP contribution is 2.41. The molecule has 1 fully saturated rings. The summed E-state index contributed by atoms with van der Waals surface area (Å²) in [7, 11) is 0. The Labute approximate surface area is 176 Å². The van der Waals surface area contributed by atoms with Crippen LogP contribution in [0.15, 0.2) is 60.9 Å². The lowest BCUT2D eigenvalue weighted by molar-refractivity contribution is -0.141. The predicted octanol–water partition coefficient (Wildman–Crippen LogP) is 3.29. The fourth-order valence-corrected chi connectivity index (χ4v) is 4.55. The van der Waals surface area contributed by atoms with E-state index in [1.165, 1.54) is 5.56 Å². The first-order chi connectivity index (χ1) is 14.7. The molecule has 1 saturated heterocycles. The van der Waals surface area contributed by atoms with Gasteiger partial charge in [0.1, 0.15) is 5.60 Å². The molecule has 0 saturated carbocycles. The summed E-state index contributed by atoms with van der Waals surface area (Å²) in [4.78, 5) is 19.0. The van der Waals surface area contributed by atoms with Crippen LogP contribution in [0.1, 0.15) is 36.2 Å². The third-order valence-electron chi connectivity index (χ3n) is 6.24. The molecule has 4 heterocycles. The molecular formula is C24H26N4O2. The van der Waals surface area contributed by atoms with Crippen molar-refractivity contribution >= 4 is 5.91 Å². The van der Waals surface area contributed by atoms with Gasteiger partial charge in [-0.05, 0) is 55.5 Å². The first kappa shape index (κ1) is 19.0. The molecule has 0 N–H and O–H groups in total. The van der Waals surface area contributed by atoms with Crippen molar-refractivity contribution in [3.63, 3.8) is 0 Å². The van der Waals surface area contributed by atoms with Crippen molar-refractivity contribution < 1.29 is 9.53 Å². The van der Waals surface area contributed by atoms with E-state index in [0.717, 1.165) is 36.3 Å². The van der Waals surface area contributed by atoms with Gasteiger partial charge < -0.3 is 9.64 Å². The molecule has 2 aliphatic rings. The number of rotatable bonds is 4. The molecule has 30 heavy (non-hydrogen) atoms. The lowest BCUT2D eigenvalue weighted by Gasteiger charge is -2.43. The summed E-state index contributed by atoms with van der Waals surface area (Å²) >= 11 is 0. The maximum absolute atomic E-state index is 12.7. The second-order valence-electron chi connectivity index (χ2n) is 8.08. The van der Waals surface area contributed by atoms with Gasteiger partial charge in [0, 0.05) is 37.6 Å².